The second-order valence-corrected chi connectivity index (χ2v) is 3.21. The lowest BCUT2D eigenvalue weighted by atomic mass is 10.00. The fraction of sp³-hybridized carbons (Fsp3) is 0.857. The number of amides is 1. The largest absolute Gasteiger partial charge is 0.447 e. The maximum atomic E-state index is 11.0. The van der Waals surface area contributed by atoms with Crippen LogP contribution in [0.2, 0.25) is 0 Å². The predicted molar refractivity (Wildman–Crippen MR) is 39.1 cm³/mol. The first kappa shape index (κ1) is 6.91. The summed E-state index contributed by atoms with van der Waals surface area (Å²) in [7, 11) is 0. The molecule has 2 rings (SSSR count). The second-order valence-electron chi connectivity index (χ2n) is 3.21. The summed E-state index contributed by atoms with van der Waals surface area (Å²) in [6, 6.07) is 0.511. The van der Waals surface area contributed by atoms with Gasteiger partial charge in [-0.3, -0.25) is 0 Å². The van der Waals surface area contributed by atoms with Gasteiger partial charge < -0.3 is 15.4 Å². The number of piperidine rings is 1. The Kier molecular flexibility index (Phi) is 1.49. The Labute approximate surface area is 65.3 Å². The van der Waals surface area contributed by atoms with Crippen LogP contribution < -0.4 is 5.73 Å². The van der Waals surface area contributed by atoms with Crippen LogP contribution in [0.5, 0.6) is 0 Å². The number of carbonyl (C=O) groups is 1. The lowest BCUT2D eigenvalue weighted by Gasteiger charge is -2.30. The SMILES string of the molecule is N[C@H]1CCN2C(=O)OC[C@@H]2C1. The molecule has 2 atom stereocenters. The third-order valence-corrected chi connectivity index (χ3v) is 2.39. The number of hydrogen-bond acceptors (Lipinski definition) is 3. The fourth-order valence-corrected chi connectivity index (χ4v) is 1.73. The van der Waals surface area contributed by atoms with Crippen molar-refractivity contribution in [2.24, 2.45) is 5.73 Å². The van der Waals surface area contributed by atoms with Gasteiger partial charge in [0.1, 0.15) is 6.61 Å². The summed E-state index contributed by atoms with van der Waals surface area (Å²) >= 11 is 0. The fourth-order valence-electron chi connectivity index (χ4n) is 1.73. The van der Waals surface area contributed by atoms with E-state index in [0.29, 0.717) is 6.61 Å². The molecule has 2 aliphatic rings. The molecular weight excluding hydrogens is 144 g/mol. The molecule has 2 heterocycles. The minimum atomic E-state index is -0.165. The van der Waals surface area contributed by atoms with Crippen molar-refractivity contribution in [3.05, 3.63) is 0 Å². The van der Waals surface area contributed by atoms with E-state index in [1.807, 2.05) is 0 Å². The van der Waals surface area contributed by atoms with Crippen molar-refractivity contribution in [2.75, 3.05) is 13.2 Å². The molecule has 0 unspecified atom stereocenters. The van der Waals surface area contributed by atoms with Gasteiger partial charge >= 0.3 is 6.09 Å². The van der Waals surface area contributed by atoms with Crippen LogP contribution in [0.3, 0.4) is 0 Å². The molecule has 0 radical (unpaired) electrons. The molecule has 2 fully saturated rings. The van der Waals surface area contributed by atoms with E-state index < -0.39 is 0 Å². The minimum Gasteiger partial charge on any atom is -0.447 e. The highest BCUT2D eigenvalue weighted by Gasteiger charge is 2.36. The van der Waals surface area contributed by atoms with Gasteiger partial charge in [-0.15, -0.1) is 0 Å². The summed E-state index contributed by atoms with van der Waals surface area (Å²) in [6.07, 6.45) is 1.64. The Bertz CT molecular complexity index is 183. The molecule has 2 aliphatic heterocycles. The van der Waals surface area contributed by atoms with Crippen molar-refractivity contribution in [1.29, 1.82) is 0 Å². The number of nitrogens with two attached hydrogens (primary N) is 1. The third-order valence-electron chi connectivity index (χ3n) is 2.39. The van der Waals surface area contributed by atoms with Gasteiger partial charge in [0.25, 0.3) is 0 Å². The topological polar surface area (TPSA) is 55.6 Å². The van der Waals surface area contributed by atoms with Crippen molar-refractivity contribution >= 4 is 6.09 Å². The highest BCUT2D eigenvalue weighted by Crippen LogP contribution is 2.22. The molecule has 0 bridgehead atoms. The zero-order valence-corrected chi connectivity index (χ0v) is 6.32. The van der Waals surface area contributed by atoms with Gasteiger partial charge in [-0.2, -0.15) is 0 Å². The summed E-state index contributed by atoms with van der Waals surface area (Å²) in [4.78, 5) is 12.8. The lowest BCUT2D eigenvalue weighted by molar-refractivity contribution is 0.152. The average molecular weight is 156 g/mol. The minimum absolute atomic E-state index is 0.165. The number of rotatable bonds is 0. The zero-order valence-electron chi connectivity index (χ0n) is 6.32. The highest BCUT2D eigenvalue weighted by molar-refractivity contribution is 5.70. The van der Waals surface area contributed by atoms with E-state index in [-0.39, 0.29) is 18.2 Å². The third kappa shape index (κ3) is 1.07. The summed E-state index contributed by atoms with van der Waals surface area (Å²) in [5, 5.41) is 0. The molecule has 62 valence electrons. The molecule has 4 nitrogen and oxygen atoms in total. The molecule has 0 spiro atoms. The van der Waals surface area contributed by atoms with Crippen molar-refractivity contribution in [2.45, 2.75) is 24.9 Å². The van der Waals surface area contributed by atoms with Gasteiger partial charge in [-0.1, -0.05) is 0 Å². The molecule has 2 N–H and O–H groups in total. The van der Waals surface area contributed by atoms with Crippen molar-refractivity contribution in [3.8, 4) is 0 Å². The van der Waals surface area contributed by atoms with Crippen molar-refractivity contribution in [1.82, 2.24) is 4.90 Å². The smallest absolute Gasteiger partial charge is 0.410 e. The molecule has 0 saturated carbocycles. The second kappa shape index (κ2) is 2.37. The Morgan fingerprint density at radius 2 is 2.45 bits per heavy atom. The number of ether oxygens (including phenoxy) is 1. The van der Waals surface area contributed by atoms with Gasteiger partial charge in [0.2, 0.25) is 0 Å². The summed E-state index contributed by atoms with van der Waals surface area (Å²) in [5.74, 6) is 0. The maximum Gasteiger partial charge on any atom is 0.410 e. The maximum absolute atomic E-state index is 11.0. The van der Waals surface area contributed by atoms with Crippen molar-refractivity contribution < 1.29 is 9.53 Å². The van der Waals surface area contributed by atoms with Crippen LogP contribution in [0.4, 0.5) is 4.79 Å². The number of fused-ring (bicyclic) bond motifs is 1. The first-order valence-corrected chi connectivity index (χ1v) is 3.96. The number of cyclic esters (lactones) is 1. The predicted octanol–water partition coefficient (Wildman–Crippen LogP) is -0.0717. The van der Waals surface area contributed by atoms with Crippen LogP contribution in [0.15, 0.2) is 0 Å². The highest BCUT2D eigenvalue weighted by atomic mass is 16.6. The molecule has 2 saturated heterocycles. The molecule has 1 amide bonds. The molecular formula is C7H12N2O2. The van der Waals surface area contributed by atoms with Gasteiger partial charge in [-0.05, 0) is 12.8 Å². The van der Waals surface area contributed by atoms with Crippen LogP contribution in [0.1, 0.15) is 12.8 Å². The van der Waals surface area contributed by atoms with Crippen LogP contribution in [0.25, 0.3) is 0 Å². The van der Waals surface area contributed by atoms with E-state index in [1.54, 1.807) is 4.90 Å². The van der Waals surface area contributed by atoms with E-state index >= 15 is 0 Å². The zero-order chi connectivity index (χ0) is 7.84. The average Bonchev–Trinajstić information content (AvgIpc) is 2.32. The Morgan fingerprint density at radius 3 is 3.27 bits per heavy atom. The van der Waals surface area contributed by atoms with Gasteiger partial charge in [0, 0.05) is 12.6 Å². The van der Waals surface area contributed by atoms with Crippen LogP contribution in [-0.4, -0.2) is 36.2 Å². The molecule has 0 aromatic rings. The van der Waals surface area contributed by atoms with E-state index in [1.165, 1.54) is 0 Å². The lowest BCUT2D eigenvalue weighted by Crippen LogP contribution is -2.45. The Balaban J connectivity index is 2.06. The molecule has 11 heavy (non-hydrogen) atoms. The van der Waals surface area contributed by atoms with Crippen LogP contribution in [0, 0.1) is 0 Å². The first-order valence-electron chi connectivity index (χ1n) is 3.96. The van der Waals surface area contributed by atoms with Gasteiger partial charge in [0.15, 0.2) is 0 Å². The van der Waals surface area contributed by atoms with Gasteiger partial charge in [-0.25, -0.2) is 4.79 Å². The molecule has 4 heteroatoms. The van der Waals surface area contributed by atoms with E-state index in [0.717, 1.165) is 19.4 Å². The number of hydrogen-bond donors (Lipinski definition) is 1. The quantitative estimate of drug-likeness (QED) is 0.534. The molecule has 0 aliphatic carbocycles. The van der Waals surface area contributed by atoms with Crippen LogP contribution >= 0.6 is 0 Å². The molecule has 0 aromatic heterocycles. The van der Waals surface area contributed by atoms with E-state index in [4.69, 9.17) is 10.5 Å². The molecule has 0 aromatic carbocycles. The number of carbonyl (C=O) groups excluding carboxylic acids is 1. The normalized spacial score (nSPS) is 36.8. The van der Waals surface area contributed by atoms with E-state index in [9.17, 15) is 4.79 Å². The monoisotopic (exact) mass is 156 g/mol. The Hall–Kier alpha value is -0.770. The summed E-state index contributed by atoms with van der Waals surface area (Å²) in [6.45, 7) is 1.30. The summed E-state index contributed by atoms with van der Waals surface area (Å²) in [5.41, 5.74) is 5.74. The van der Waals surface area contributed by atoms with Gasteiger partial charge in [0.05, 0.1) is 6.04 Å². The summed E-state index contributed by atoms with van der Waals surface area (Å²) < 4.78 is 4.88. The first-order chi connectivity index (χ1) is 5.27. The van der Waals surface area contributed by atoms with Crippen LogP contribution in [-0.2, 0) is 4.74 Å². The number of nitrogens with zero attached hydrogens (tertiary/aromatic N) is 1. The standard InChI is InChI=1S/C7H12N2O2/c8-5-1-2-9-6(3-5)4-11-7(9)10/h5-6H,1-4,8H2/t5-,6-/m0/s1. The van der Waals surface area contributed by atoms with Crippen molar-refractivity contribution in [3.63, 3.8) is 0 Å². The van der Waals surface area contributed by atoms with E-state index in [2.05, 4.69) is 0 Å². The Morgan fingerprint density at radius 1 is 1.64 bits per heavy atom.